The van der Waals surface area contributed by atoms with Gasteiger partial charge < -0.3 is 20.9 Å². The van der Waals surface area contributed by atoms with Gasteiger partial charge in [-0.15, -0.1) is 0 Å². The van der Waals surface area contributed by atoms with Crippen LogP contribution >= 0.6 is 0 Å². The van der Waals surface area contributed by atoms with Crippen LogP contribution in [0.15, 0.2) is 66.9 Å². The maximum atomic E-state index is 12.9. The number of primary amides is 1. The molecule has 3 amide bonds. The number of aromatic nitrogens is 1. The monoisotopic (exact) mass is 512 g/mol. The Bertz CT molecular complexity index is 1360. The van der Waals surface area contributed by atoms with Gasteiger partial charge in [0, 0.05) is 58.0 Å². The summed E-state index contributed by atoms with van der Waals surface area (Å²) in [6.45, 7) is 5.82. The van der Waals surface area contributed by atoms with Gasteiger partial charge in [0.05, 0.1) is 22.5 Å². The number of pyridine rings is 1. The van der Waals surface area contributed by atoms with Crippen molar-refractivity contribution in [2.24, 2.45) is 5.73 Å². The third-order valence-corrected chi connectivity index (χ3v) is 7.33. The van der Waals surface area contributed by atoms with Crippen LogP contribution in [0.2, 0.25) is 0 Å². The number of benzene rings is 2. The van der Waals surface area contributed by atoms with E-state index < -0.39 is 5.91 Å². The summed E-state index contributed by atoms with van der Waals surface area (Å²) < 4.78 is 0. The Morgan fingerprint density at radius 2 is 1.66 bits per heavy atom. The van der Waals surface area contributed by atoms with Crippen LogP contribution in [0.3, 0.4) is 0 Å². The van der Waals surface area contributed by atoms with Crippen LogP contribution in [0.5, 0.6) is 0 Å². The first kappa shape index (κ1) is 25.3. The van der Waals surface area contributed by atoms with Gasteiger partial charge in [-0.05, 0) is 36.6 Å². The Morgan fingerprint density at radius 3 is 2.26 bits per heavy atom. The minimum absolute atomic E-state index is 0.0799. The molecule has 2 aromatic carbocycles. The molecule has 0 atom stereocenters. The van der Waals surface area contributed by atoms with Gasteiger partial charge in [-0.3, -0.25) is 19.3 Å². The smallest absolute Gasteiger partial charge is 0.252 e. The number of rotatable bonds is 7. The Kier molecular flexibility index (Phi) is 6.75. The number of anilines is 4. The molecule has 9 nitrogen and oxygen atoms in total. The molecule has 0 unspecified atom stereocenters. The van der Waals surface area contributed by atoms with E-state index in [0.29, 0.717) is 43.4 Å². The van der Waals surface area contributed by atoms with Crippen LogP contribution < -0.4 is 20.9 Å². The molecule has 1 aliphatic carbocycles. The van der Waals surface area contributed by atoms with Crippen LogP contribution in [-0.2, 0) is 15.1 Å². The molecule has 3 N–H and O–H groups in total. The minimum atomic E-state index is -0.587. The lowest BCUT2D eigenvalue weighted by molar-refractivity contribution is -0.129. The molecule has 3 aromatic rings. The Morgan fingerprint density at radius 1 is 0.947 bits per heavy atom. The first-order valence-electron chi connectivity index (χ1n) is 12.8. The summed E-state index contributed by atoms with van der Waals surface area (Å²) in [6, 6.07) is 19.5. The average Bonchev–Trinajstić information content (AvgIpc) is 3.70. The molecular weight excluding hydrogens is 480 g/mol. The third kappa shape index (κ3) is 5.04. The van der Waals surface area contributed by atoms with Gasteiger partial charge in [0.2, 0.25) is 11.8 Å². The molecule has 1 saturated carbocycles. The van der Waals surface area contributed by atoms with E-state index in [1.807, 2.05) is 47.4 Å². The average molecular weight is 513 g/mol. The zero-order chi connectivity index (χ0) is 26.9. The molecule has 0 spiro atoms. The van der Waals surface area contributed by atoms with Crippen molar-refractivity contribution in [2.75, 3.05) is 41.3 Å². The molecule has 196 valence electrons. The molecule has 0 bridgehead atoms. The van der Waals surface area contributed by atoms with Gasteiger partial charge in [0.15, 0.2) is 0 Å². The maximum absolute atomic E-state index is 12.9. The Hall–Kier alpha value is -4.40. The number of nitrogens with zero attached hydrogens (tertiary/aromatic N) is 4. The summed E-state index contributed by atoms with van der Waals surface area (Å²) in [4.78, 5) is 46.9. The van der Waals surface area contributed by atoms with E-state index >= 15 is 0 Å². The highest BCUT2D eigenvalue weighted by Gasteiger charge is 2.44. The molecule has 38 heavy (non-hydrogen) atoms. The molecule has 2 heterocycles. The minimum Gasteiger partial charge on any atom is -0.375 e. The van der Waals surface area contributed by atoms with Gasteiger partial charge in [-0.2, -0.15) is 0 Å². The lowest BCUT2D eigenvalue weighted by Gasteiger charge is -2.36. The number of hydrogen-bond acceptors (Lipinski definition) is 6. The van der Waals surface area contributed by atoms with Crippen LogP contribution in [0.25, 0.3) is 0 Å². The molecule has 1 aromatic heterocycles. The standard InChI is InChI=1S/C29H32N6O3/c1-20(36)33-13-15-34(16-14-33)23-9-6-10-24(17-23)35(21(2)37)27-18-26(25(19-31-27)28(30)38)32-29(11-12-29)22-7-4-3-5-8-22/h3-10,17-19H,11-16H2,1-2H3,(H2,30,38)(H,31,32). The van der Waals surface area contributed by atoms with Gasteiger partial charge in [0.25, 0.3) is 5.91 Å². The Labute approximate surface area is 222 Å². The number of carbonyl (C=O) groups excluding carboxylic acids is 3. The van der Waals surface area contributed by atoms with E-state index in [9.17, 15) is 14.4 Å². The molecule has 2 aliphatic rings. The van der Waals surface area contributed by atoms with Crippen LogP contribution in [-0.4, -0.2) is 53.8 Å². The zero-order valence-corrected chi connectivity index (χ0v) is 21.7. The fraction of sp³-hybridized carbons (Fsp3) is 0.310. The number of nitrogens with two attached hydrogens (primary N) is 1. The first-order chi connectivity index (χ1) is 18.3. The van der Waals surface area contributed by atoms with E-state index in [1.165, 1.54) is 18.0 Å². The molecule has 1 aliphatic heterocycles. The molecule has 0 radical (unpaired) electrons. The van der Waals surface area contributed by atoms with Crippen molar-refractivity contribution >= 4 is 40.6 Å². The largest absolute Gasteiger partial charge is 0.375 e. The molecule has 2 fully saturated rings. The number of carbonyl (C=O) groups is 3. The summed E-state index contributed by atoms with van der Waals surface area (Å²) in [5.74, 6) is -0.321. The SMILES string of the molecule is CC(=O)N1CCN(c2cccc(N(C(C)=O)c3cc(NC4(c5ccccc5)CC4)c(C(N)=O)cn3)c2)CC1. The van der Waals surface area contributed by atoms with Crippen LogP contribution in [0, 0.1) is 0 Å². The second kappa shape index (κ2) is 10.2. The van der Waals surface area contributed by atoms with Crippen LogP contribution in [0.1, 0.15) is 42.6 Å². The summed E-state index contributed by atoms with van der Waals surface area (Å²) in [5, 5.41) is 3.54. The zero-order valence-electron chi connectivity index (χ0n) is 21.7. The summed E-state index contributed by atoms with van der Waals surface area (Å²) >= 11 is 0. The van der Waals surface area contributed by atoms with Gasteiger partial charge in [-0.25, -0.2) is 4.98 Å². The van der Waals surface area contributed by atoms with Crippen LogP contribution in [0.4, 0.5) is 22.9 Å². The Balaban J connectivity index is 1.46. The maximum Gasteiger partial charge on any atom is 0.252 e. The van der Waals surface area contributed by atoms with E-state index in [1.54, 1.807) is 13.0 Å². The van der Waals surface area contributed by atoms with E-state index in [4.69, 9.17) is 5.73 Å². The molecule has 5 rings (SSSR count). The van der Waals surface area contributed by atoms with Crippen molar-refractivity contribution in [3.05, 3.63) is 78.0 Å². The number of nitrogens with one attached hydrogen (secondary N) is 1. The second-order valence-corrected chi connectivity index (χ2v) is 9.89. The molecule has 1 saturated heterocycles. The van der Waals surface area contributed by atoms with Gasteiger partial charge >= 0.3 is 0 Å². The van der Waals surface area contributed by atoms with E-state index in [0.717, 1.165) is 24.1 Å². The summed E-state index contributed by atoms with van der Waals surface area (Å²) in [7, 11) is 0. The van der Waals surface area contributed by atoms with Crippen molar-refractivity contribution in [1.29, 1.82) is 0 Å². The normalized spacial score (nSPS) is 16.1. The third-order valence-electron chi connectivity index (χ3n) is 7.33. The highest BCUT2D eigenvalue weighted by Crippen LogP contribution is 2.49. The predicted molar refractivity (Wildman–Crippen MR) is 147 cm³/mol. The predicted octanol–water partition coefficient (Wildman–Crippen LogP) is 3.63. The highest BCUT2D eigenvalue weighted by atomic mass is 16.2. The van der Waals surface area contributed by atoms with Crippen molar-refractivity contribution in [1.82, 2.24) is 9.88 Å². The second-order valence-electron chi connectivity index (χ2n) is 9.89. The highest BCUT2D eigenvalue weighted by molar-refractivity contribution is 6.02. The number of hydrogen-bond donors (Lipinski definition) is 2. The lowest BCUT2D eigenvalue weighted by atomic mass is 10.0. The van der Waals surface area contributed by atoms with E-state index in [2.05, 4.69) is 27.3 Å². The van der Waals surface area contributed by atoms with Gasteiger partial charge in [-0.1, -0.05) is 36.4 Å². The topological polar surface area (TPSA) is 112 Å². The first-order valence-corrected chi connectivity index (χ1v) is 12.8. The summed E-state index contributed by atoms with van der Waals surface area (Å²) in [6.07, 6.45) is 3.27. The molecular formula is C29H32N6O3. The molecule has 9 heteroatoms. The number of piperazine rings is 1. The van der Waals surface area contributed by atoms with Crippen molar-refractivity contribution in [3.63, 3.8) is 0 Å². The fourth-order valence-corrected chi connectivity index (χ4v) is 5.08. The van der Waals surface area contributed by atoms with Crippen molar-refractivity contribution < 1.29 is 14.4 Å². The van der Waals surface area contributed by atoms with E-state index in [-0.39, 0.29) is 22.9 Å². The summed E-state index contributed by atoms with van der Waals surface area (Å²) in [5.41, 5.74) is 8.99. The number of amides is 3. The quantitative estimate of drug-likeness (QED) is 0.500. The fourth-order valence-electron chi connectivity index (χ4n) is 5.08. The van der Waals surface area contributed by atoms with Crippen molar-refractivity contribution in [3.8, 4) is 0 Å². The van der Waals surface area contributed by atoms with Crippen molar-refractivity contribution in [2.45, 2.75) is 32.2 Å². The lowest BCUT2D eigenvalue weighted by Crippen LogP contribution is -2.48. The van der Waals surface area contributed by atoms with Gasteiger partial charge in [0.1, 0.15) is 5.82 Å².